The van der Waals surface area contributed by atoms with Crippen LogP contribution < -0.4 is 10.2 Å². The molecule has 0 bridgehead atoms. The number of amides is 4. The Bertz CT molecular complexity index is 934. The fraction of sp³-hybridized carbons (Fsp3) is 0.286. The lowest BCUT2D eigenvalue weighted by Crippen LogP contribution is -2.45. The van der Waals surface area contributed by atoms with E-state index in [0.29, 0.717) is 12.1 Å². The molecule has 1 N–H and O–H groups in total. The molecule has 2 aliphatic heterocycles. The molecule has 28 heavy (non-hydrogen) atoms. The molecule has 1 saturated heterocycles. The number of nitrogens with zero attached hydrogens (tertiary/aromatic N) is 2. The summed E-state index contributed by atoms with van der Waals surface area (Å²) in [7, 11) is 0. The maximum Gasteiger partial charge on any atom is 0.325 e. The number of carbonyl (C=O) groups excluding carboxylic acids is 3. The summed E-state index contributed by atoms with van der Waals surface area (Å²) in [5, 5.41) is 2.75. The van der Waals surface area contributed by atoms with E-state index in [9.17, 15) is 14.4 Å². The lowest BCUT2D eigenvalue weighted by atomic mass is 9.92. The summed E-state index contributed by atoms with van der Waals surface area (Å²) in [5.74, 6) is 0.265. The van der Waals surface area contributed by atoms with Crippen LogP contribution in [0.2, 0.25) is 0 Å². The van der Waals surface area contributed by atoms with Gasteiger partial charge in [0.1, 0.15) is 12.1 Å². The molecule has 0 saturated carbocycles. The van der Waals surface area contributed by atoms with Crippen LogP contribution in [0.15, 0.2) is 59.5 Å². The van der Waals surface area contributed by atoms with Crippen molar-refractivity contribution in [1.29, 1.82) is 0 Å². The summed E-state index contributed by atoms with van der Waals surface area (Å²) < 4.78 is 0. The van der Waals surface area contributed by atoms with E-state index in [1.54, 1.807) is 35.7 Å². The predicted octanol–water partition coefficient (Wildman–Crippen LogP) is 2.98. The molecule has 6 nitrogen and oxygen atoms in total. The number of urea groups is 1. The zero-order valence-electron chi connectivity index (χ0n) is 15.6. The molecule has 4 amide bonds. The predicted molar refractivity (Wildman–Crippen MR) is 108 cm³/mol. The molecule has 0 spiro atoms. The Morgan fingerprint density at radius 1 is 1.11 bits per heavy atom. The minimum absolute atomic E-state index is 0.254. The zero-order chi connectivity index (χ0) is 19.7. The molecule has 1 fully saturated rings. The smallest absolute Gasteiger partial charge is 0.319 e. The lowest BCUT2D eigenvalue weighted by Gasteiger charge is -2.25. The van der Waals surface area contributed by atoms with Gasteiger partial charge in [0.2, 0.25) is 5.91 Å². The van der Waals surface area contributed by atoms with Gasteiger partial charge in [0.15, 0.2) is 0 Å². The first kappa shape index (κ1) is 18.6. The van der Waals surface area contributed by atoms with Crippen molar-refractivity contribution in [3.63, 3.8) is 0 Å². The normalized spacial score (nSPS) is 21.9. The second kappa shape index (κ2) is 7.31. The monoisotopic (exact) mass is 395 g/mol. The van der Waals surface area contributed by atoms with Gasteiger partial charge in [-0.25, -0.2) is 4.79 Å². The molecule has 1 unspecified atom stereocenters. The van der Waals surface area contributed by atoms with E-state index in [-0.39, 0.29) is 12.5 Å². The molecule has 2 aromatic carbocycles. The number of rotatable bonds is 3. The molecule has 2 aliphatic rings. The van der Waals surface area contributed by atoms with Crippen molar-refractivity contribution in [2.75, 3.05) is 23.7 Å². The summed E-state index contributed by atoms with van der Waals surface area (Å²) in [6.07, 6.45) is 0.854. The van der Waals surface area contributed by atoms with Crippen molar-refractivity contribution < 1.29 is 14.4 Å². The van der Waals surface area contributed by atoms with E-state index >= 15 is 0 Å². The third-order valence-corrected chi connectivity index (χ3v) is 6.31. The summed E-state index contributed by atoms with van der Waals surface area (Å²) >= 11 is 1.72. The van der Waals surface area contributed by atoms with Gasteiger partial charge in [0.05, 0.1) is 5.69 Å². The van der Waals surface area contributed by atoms with Gasteiger partial charge in [-0.05, 0) is 36.8 Å². The highest BCUT2D eigenvalue weighted by atomic mass is 32.2. The SMILES string of the molecule is CC1(c2ccccc2)NC(=O)N(CC(=O)N2CCCSc3ccccc32)C1=O. The van der Waals surface area contributed by atoms with E-state index in [1.807, 2.05) is 42.5 Å². The highest BCUT2D eigenvalue weighted by Gasteiger charge is 2.49. The van der Waals surface area contributed by atoms with Crippen molar-refractivity contribution >= 4 is 35.3 Å². The largest absolute Gasteiger partial charge is 0.325 e. The number of hydrogen-bond donors (Lipinski definition) is 1. The molecule has 1 atom stereocenters. The number of thioether (sulfide) groups is 1. The Morgan fingerprint density at radius 2 is 1.82 bits per heavy atom. The number of fused-ring (bicyclic) bond motifs is 1. The number of hydrogen-bond acceptors (Lipinski definition) is 4. The zero-order valence-corrected chi connectivity index (χ0v) is 16.4. The highest BCUT2D eigenvalue weighted by molar-refractivity contribution is 7.99. The first-order valence-electron chi connectivity index (χ1n) is 9.22. The van der Waals surface area contributed by atoms with Gasteiger partial charge in [-0.1, -0.05) is 42.5 Å². The van der Waals surface area contributed by atoms with E-state index in [1.165, 1.54) is 0 Å². The average Bonchev–Trinajstić information content (AvgIpc) is 2.87. The Morgan fingerprint density at radius 3 is 2.61 bits per heavy atom. The second-order valence-corrected chi connectivity index (χ2v) is 8.16. The number of para-hydroxylation sites is 1. The maximum atomic E-state index is 13.1. The second-order valence-electron chi connectivity index (χ2n) is 7.03. The Labute approximate surface area is 167 Å². The van der Waals surface area contributed by atoms with Crippen molar-refractivity contribution in [1.82, 2.24) is 10.2 Å². The van der Waals surface area contributed by atoms with Gasteiger partial charge in [-0.2, -0.15) is 0 Å². The molecular formula is C21H21N3O3S. The first-order valence-corrected chi connectivity index (χ1v) is 10.2. The van der Waals surface area contributed by atoms with Crippen LogP contribution in [0.5, 0.6) is 0 Å². The number of anilines is 1. The maximum absolute atomic E-state index is 13.1. The van der Waals surface area contributed by atoms with Gasteiger partial charge >= 0.3 is 6.03 Å². The van der Waals surface area contributed by atoms with Crippen LogP contribution in [0.4, 0.5) is 10.5 Å². The third kappa shape index (κ3) is 3.16. The molecule has 7 heteroatoms. The van der Waals surface area contributed by atoms with Crippen molar-refractivity contribution in [2.45, 2.75) is 23.8 Å². The van der Waals surface area contributed by atoms with Gasteiger partial charge in [0.25, 0.3) is 5.91 Å². The molecule has 144 valence electrons. The van der Waals surface area contributed by atoms with Gasteiger partial charge < -0.3 is 10.2 Å². The summed E-state index contributed by atoms with van der Waals surface area (Å²) in [5.41, 5.74) is 0.373. The Balaban J connectivity index is 1.57. The third-order valence-electron chi connectivity index (χ3n) is 5.16. The summed E-state index contributed by atoms with van der Waals surface area (Å²) in [6.45, 7) is 1.97. The van der Waals surface area contributed by atoms with Crippen molar-refractivity contribution in [3.05, 3.63) is 60.2 Å². The van der Waals surface area contributed by atoms with E-state index < -0.39 is 17.5 Å². The molecule has 4 rings (SSSR count). The molecule has 0 radical (unpaired) electrons. The standard InChI is InChI=1S/C21H21N3O3S/c1-21(15-8-3-2-4-9-15)19(26)24(20(27)22-21)14-18(25)23-12-7-13-28-17-11-6-5-10-16(17)23/h2-6,8-11H,7,12-14H2,1H3,(H,22,27). The van der Waals surface area contributed by atoms with Crippen LogP contribution in [0.25, 0.3) is 0 Å². The van der Waals surface area contributed by atoms with Gasteiger partial charge in [0, 0.05) is 11.4 Å². The van der Waals surface area contributed by atoms with Gasteiger partial charge in [-0.15, -0.1) is 11.8 Å². The molecular weight excluding hydrogens is 374 g/mol. The Hall–Kier alpha value is -2.80. The van der Waals surface area contributed by atoms with Crippen LogP contribution in [0, 0.1) is 0 Å². The summed E-state index contributed by atoms with van der Waals surface area (Å²) in [4.78, 5) is 42.4. The van der Waals surface area contributed by atoms with Crippen molar-refractivity contribution in [2.24, 2.45) is 0 Å². The topological polar surface area (TPSA) is 69.7 Å². The fourth-order valence-corrected chi connectivity index (χ4v) is 4.61. The summed E-state index contributed by atoms with van der Waals surface area (Å²) in [6, 6.07) is 16.3. The van der Waals surface area contributed by atoms with E-state index in [4.69, 9.17) is 0 Å². The van der Waals surface area contributed by atoms with Crippen LogP contribution in [-0.2, 0) is 15.1 Å². The number of benzene rings is 2. The van der Waals surface area contributed by atoms with Gasteiger partial charge in [-0.3, -0.25) is 14.5 Å². The minimum Gasteiger partial charge on any atom is -0.319 e. The fourth-order valence-electron chi connectivity index (χ4n) is 3.61. The molecule has 0 aliphatic carbocycles. The van der Waals surface area contributed by atoms with Crippen LogP contribution >= 0.6 is 11.8 Å². The first-order chi connectivity index (χ1) is 13.5. The number of carbonyl (C=O) groups is 3. The van der Waals surface area contributed by atoms with Crippen LogP contribution in [0.1, 0.15) is 18.9 Å². The quantitative estimate of drug-likeness (QED) is 0.812. The highest BCUT2D eigenvalue weighted by Crippen LogP contribution is 2.34. The number of nitrogens with one attached hydrogen (secondary N) is 1. The van der Waals surface area contributed by atoms with Crippen molar-refractivity contribution in [3.8, 4) is 0 Å². The average molecular weight is 395 g/mol. The number of imide groups is 1. The van der Waals surface area contributed by atoms with E-state index in [2.05, 4.69) is 5.32 Å². The molecule has 2 aromatic rings. The minimum atomic E-state index is -1.16. The lowest BCUT2D eigenvalue weighted by molar-refractivity contribution is -0.134. The molecule has 2 heterocycles. The van der Waals surface area contributed by atoms with Crippen LogP contribution in [-0.4, -0.2) is 41.6 Å². The van der Waals surface area contributed by atoms with E-state index in [0.717, 1.165) is 27.7 Å². The molecule has 0 aromatic heterocycles. The van der Waals surface area contributed by atoms with Crippen LogP contribution in [0.3, 0.4) is 0 Å². The Kier molecular flexibility index (Phi) is 4.85.